The zero-order valence-corrected chi connectivity index (χ0v) is 11.9. The minimum absolute atomic E-state index is 0.305. The second-order valence-electron chi connectivity index (χ2n) is 5.14. The van der Waals surface area contributed by atoms with Crippen LogP contribution in [0.2, 0.25) is 0 Å². The first-order valence-electron chi connectivity index (χ1n) is 6.71. The van der Waals surface area contributed by atoms with Crippen LogP contribution in [-0.2, 0) is 22.9 Å². The highest BCUT2D eigenvalue weighted by Crippen LogP contribution is 2.34. The van der Waals surface area contributed by atoms with Gasteiger partial charge in [0.2, 0.25) is 0 Å². The summed E-state index contributed by atoms with van der Waals surface area (Å²) < 4.78 is 27.7. The molecule has 1 heterocycles. The second kappa shape index (κ2) is 4.33. The number of aryl methyl sites for hydroxylation is 2. The molecule has 5 nitrogen and oxygen atoms in total. The van der Waals surface area contributed by atoms with E-state index in [1.54, 1.807) is 12.1 Å². The van der Waals surface area contributed by atoms with Crippen LogP contribution in [0.1, 0.15) is 11.1 Å². The Labute approximate surface area is 122 Å². The molecule has 0 saturated heterocycles. The van der Waals surface area contributed by atoms with Gasteiger partial charge in [0.15, 0.2) is 0 Å². The summed E-state index contributed by atoms with van der Waals surface area (Å²) in [5, 5.41) is 8.23. The van der Waals surface area contributed by atoms with Crippen LogP contribution in [-0.4, -0.2) is 18.6 Å². The van der Waals surface area contributed by atoms with Crippen LogP contribution in [0.3, 0.4) is 0 Å². The van der Waals surface area contributed by atoms with Crippen molar-refractivity contribution in [2.24, 2.45) is 0 Å². The fraction of sp³-hybridized carbons (Fsp3) is 0.133. The zero-order chi connectivity index (χ0) is 14.4. The molecule has 6 heteroatoms. The Bertz CT molecular complexity index is 921. The van der Waals surface area contributed by atoms with Crippen LogP contribution < -0.4 is 4.72 Å². The Morgan fingerprint density at radius 3 is 2.62 bits per heavy atom. The lowest BCUT2D eigenvalue weighted by molar-refractivity contribution is 0.602. The highest BCUT2D eigenvalue weighted by Gasteiger charge is 2.22. The molecule has 2 aromatic carbocycles. The monoisotopic (exact) mass is 299 g/mol. The van der Waals surface area contributed by atoms with E-state index in [0.717, 1.165) is 23.6 Å². The van der Waals surface area contributed by atoms with Gasteiger partial charge in [0, 0.05) is 11.5 Å². The fourth-order valence-corrected chi connectivity index (χ4v) is 4.19. The van der Waals surface area contributed by atoms with E-state index in [2.05, 4.69) is 21.0 Å². The number of nitrogens with one attached hydrogen (secondary N) is 2. The fourth-order valence-electron chi connectivity index (χ4n) is 2.97. The molecule has 21 heavy (non-hydrogen) atoms. The van der Waals surface area contributed by atoms with Crippen LogP contribution >= 0.6 is 0 Å². The quantitative estimate of drug-likeness (QED) is 0.780. The van der Waals surface area contributed by atoms with Crippen LogP contribution in [0, 0.1) is 0 Å². The Morgan fingerprint density at radius 2 is 1.86 bits per heavy atom. The van der Waals surface area contributed by atoms with E-state index in [1.165, 1.54) is 17.3 Å². The standard InChI is InChI=1S/C15H13N3O2S/c19-21(20,18-14-8-9-16-17-14)13-7-6-11-5-4-10-2-1-3-12(13)15(10)11/h1-3,6-9H,4-5H2,(H2,16,17,18). The summed E-state index contributed by atoms with van der Waals surface area (Å²) in [6.45, 7) is 0. The SMILES string of the molecule is O=S(=O)(Nc1ccn[nH]1)c1ccc2c3c(cccc13)CC2. The van der Waals surface area contributed by atoms with Crippen molar-refractivity contribution in [3.63, 3.8) is 0 Å². The summed E-state index contributed by atoms with van der Waals surface area (Å²) in [7, 11) is -3.64. The van der Waals surface area contributed by atoms with Gasteiger partial charge in [-0.25, -0.2) is 8.42 Å². The van der Waals surface area contributed by atoms with E-state index in [-0.39, 0.29) is 0 Å². The van der Waals surface area contributed by atoms with Gasteiger partial charge in [-0.3, -0.25) is 9.82 Å². The molecule has 0 spiro atoms. The Kier molecular flexibility index (Phi) is 2.56. The van der Waals surface area contributed by atoms with Gasteiger partial charge in [0.05, 0.1) is 11.1 Å². The van der Waals surface area contributed by atoms with E-state index < -0.39 is 10.0 Å². The van der Waals surface area contributed by atoms with Crippen LogP contribution in [0.4, 0.5) is 5.82 Å². The molecule has 0 saturated carbocycles. The highest BCUT2D eigenvalue weighted by atomic mass is 32.2. The normalized spacial score (nSPS) is 13.7. The molecule has 106 valence electrons. The Morgan fingerprint density at radius 1 is 1.05 bits per heavy atom. The number of aromatic nitrogens is 2. The molecule has 1 aromatic heterocycles. The van der Waals surface area contributed by atoms with E-state index >= 15 is 0 Å². The van der Waals surface area contributed by atoms with E-state index in [9.17, 15) is 8.42 Å². The van der Waals surface area contributed by atoms with Gasteiger partial charge in [0.25, 0.3) is 10.0 Å². The van der Waals surface area contributed by atoms with Gasteiger partial charge in [-0.05, 0) is 35.4 Å². The lowest BCUT2D eigenvalue weighted by Crippen LogP contribution is -2.13. The Hall–Kier alpha value is -2.34. The number of sulfonamides is 1. The van der Waals surface area contributed by atoms with Crippen LogP contribution in [0.5, 0.6) is 0 Å². The molecule has 2 N–H and O–H groups in total. The van der Waals surface area contributed by atoms with E-state index in [4.69, 9.17) is 0 Å². The highest BCUT2D eigenvalue weighted by molar-refractivity contribution is 7.93. The van der Waals surface area contributed by atoms with Gasteiger partial charge in [-0.2, -0.15) is 5.10 Å². The molecule has 0 radical (unpaired) electrons. The van der Waals surface area contributed by atoms with Gasteiger partial charge in [0.1, 0.15) is 5.82 Å². The molecule has 1 aliphatic carbocycles. The summed E-state index contributed by atoms with van der Waals surface area (Å²) in [6.07, 6.45) is 3.46. The molecular weight excluding hydrogens is 286 g/mol. The number of rotatable bonds is 3. The third-order valence-electron chi connectivity index (χ3n) is 3.87. The number of H-pyrrole nitrogens is 1. The number of aromatic amines is 1. The molecular formula is C15H13N3O2S. The van der Waals surface area contributed by atoms with Gasteiger partial charge >= 0.3 is 0 Å². The summed E-state index contributed by atoms with van der Waals surface area (Å²) in [4.78, 5) is 0.305. The van der Waals surface area contributed by atoms with Gasteiger partial charge < -0.3 is 0 Å². The lowest BCUT2D eigenvalue weighted by atomic mass is 10.1. The van der Waals surface area contributed by atoms with E-state index in [0.29, 0.717) is 10.7 Å². The molecule has 0 fully saturated rings. The summed E-state index contributed by atoms with van der Waals surface area (Å²) >= 11 is 0. The molecule has 1 aliphatic rings. The third kappa shape index (κ3) is 1.91. The van der Waals surface area contributed by atoms with E-state index in [1.807, 2.05) is 18.2 Å². The van der Waals surface area contributed by atoms with Crippen LogP contribution in [0.15, 0.2) is 47.5 Å². The number of nitrogens with zero attached hydrogens (tertiary/aromatic N) is 1. The molecule has 0 unspecified atom stereocenters. The lowest BCUT2D eigenvalue weighted by Gasteiger charge is -2.10. The van der Waals surface area contributed by atoms with Crippen molar-refractivity contribution in [1.82, 2.24) is 10.2 Å². The second-order valence-corrected chi connectivity index (χ2v) is 6.79. The Balaban J connectivity index is 1.92. The maximum atomic E-state index is 12.6. The van der Waals surface area contributed by atoms with Crippen molar-refractivity contribution < 1.29 is 8.42 Å². The van der Waals surface area contributed by atoms with Crippen molar-refractivity contribution in [2.75, 3.05) is 4.72 Å². The van der Waals surface area contributed by atoms with Gasteiger partial charge in [-0.1, -0.05) is 24.3 Å². The largest absolute Gasteiger partial charge is 0.264 e. The van der Waals surface area contributed by atoms with Crippen molar-refractivity contribution in [2.45, 2.75) is 17.7 Å². The smallest absolute Gasteiger partial charge is 0.263 e. The summed E-state index contributed by atoms with van der Waals surface area (Å²) in [5.74, 6) is 0.359. The number of hydrogen-bond donors (Lipinski definition) is 2. The molecule has 0 amide bonds. The molecule has 4 rings (SSSR count). The number of hydrogen-bond acceptors (Lipinski definition) is 3. The van der Waals surface area contributed by atoms with Crippen molar-refractivity contribution >= 4 is 26.6 Å². The first kappa shape index (κ1) is 12.4. The first-order chi connectivity index (χ1) is 10.1. The maximum Gasteiger partial charge on any atom is 0.263 e. The topological polar surface area (TPSA) is 74.8 Å². The molecule has 3 aromatic rings. The van der Waals surface area contributed by atoms with Gasteiger partial charge in [-0.15, -0.1) is 0 Å². The van der Waals surface area contributed by atoms with Crippen molar-refractivity contribution in [1.29, 1.82) is 0 Å². The average Bonchev–Trinajstić information content (AvgIpc) is 3.10. The minimum atomic E-state index is -3.64. The summed E-state index contributed by atoms with van der Waals surface area (Å²) in [6, 6.07) is 11.0. The van der Waals surface area contributed by atoms with Crippen LogP contribution in [0.25, 0.3) is 10.8 Å². The van der Waals surface area contributed by atoms with Crippen molar-refractivity contribution in [3.05, 3.63) is 53.7 Å². The molecule has 0 aliphatic heterocycles. The maximum absolute atomic E-state index is 12.6. The number of anilines is 1. The molecule has 0 bridgehead atoms. The predicted molar refractivity (Wildman–Crippen MR) is 80.8 cm³/mol. The molecule has 0 atom stereocenters. The van der Waals surface area contributed by atoms with Crippen molar-refractivity contribution in [3.8, 4) is 0 Å². The minimum Gasteiger partial charge on any atom is -0.264 e. The predicted octanol–water partition coefficient (Wildman–Crippen LogP) is 2.46. The average molecular weight is 299 g/mol. The first-order valence-corrected chi connectivity index (χ1v) is 8.19. The summed E-state index contributed by atoms with van der Waals surface area (Å²) in [5.41, 5.74) is 2.45. The zero-order valence-electron chi connectivity index (χ0n) is 11.1. The third-order valence-corrected chi connectivity index (χ3v) is 5.30. The number of benzene rings is 2.